The van der Waals surface area contributed by atoms with E-state index >= 15 is 0 Å². The van der Waals surface area contributed by atoms with Crippen molar-refractivity contribution in [2.75, 3.05) is 4.90 Å². The van der Waals surface area contributed by atoms with Crippen LogP contribution in [0.3, 0.4) is 0 Å². The largest absolute Gasteiger partial charge is 0.309 e. The van der Waals surface area contributed by atoms with Gasteiger partial charge in [0.25, 0.3) is 0 Å². The molecule has 0 aliphatic carbocycles. The van der Waals surface area contributed by atoms with E-state index in [1.165, 1.54) is 21.8 Å². The van der Waals surface area contributed by atoms with Gasteiger partial charge < -0.3 is 4.57 Å². The molecule has 0 saturated heterocycles. The second-order valence-electron chi connectivity index (χ2n) is 11.6. The van der Waals surface area contributed by atoms with Crippen molar-refractivity contribution in [2.24, 2.45) is 0 Å². The molecule has 0 spiro atoms. The molecule has 0 aliphatic heterocycles. The zero-order valence-electron chi connectivity index (χ0n) is 25.8. The zero-order valence-corrected chi connectivity index (χ0v) is 25.8. The molecule has 48 heavy (non-hydrogen) atoms. The molecule has 3 heterocycles. The molecule has 0 fully saturated rings. The van der Waals surface area contributed by atoms with Crippen LogP contribution in [-0.4, -0.2) is 24.5 Å². The van der Waals surface area contributed by atoms with Gasteiger partial charge in [0.1, 0.15) is 12.1 Å². The number of fused-ring (bicyclic) bond motifs is 4. The highest BCUT2D eigenvalue weighted by atomic mass is 15.2. The van der Waals surface area contributed by atoms with Crippen molar-refractivity contribution in [3.05, 3.63) is 170 Å². The molecule has 0 N–H and O–H groups in total. The number of anilines is 3. The summed E-state index contributed by atoms with van der Waals surface area (Å²) in [5, 5.41) is 2.48. The van der Waals surface area contributed by atoms with E-state index in [9.17, 15) is 0 Å². The Morgan fingerprint density at radius 2 is 0.979 bits per heavy atom. The first-order valence-electron chi connectivity index (χ1n) is 15.9. The van der Waals surface area contributed by atoms with Gasteiger partial charge in [-0.15, -0.1) is 0 Å². The maximum atomic E-state index is 5.09. The number of hydrogen-bond acceptors (Lipinski definition) is 5. The van der Waals surface area contributed by atoms with E-state index in [0.717, 1.165) is 56.4 Å². The van der Waals surface area contributed by atoms with Gasteiger partial charge in [0.2, 0.25) is 0 Å². The Morgan fingerprint density at radius 3 is 1.56 bits per heavy atom. The topological polar surface area (TPSA) is 59.7 Å². The minimum absolute atomic E-state index is 0.776. The van der Waals surface area contributed by atoms with Crippen LogP contribution in [0.25, 0.3) is 61.0 Å². The molecule has 0 bridgehead atoms. The number of hydrogen-bond donors (Lipinski definition) is 0. The van der Waals surface area contributed by atoms with Gasteiger partial charge in [0.15, 0.2) is 0 Å². The van der Waals surface area contributed by atoms with Crippen molar-refractivity contribution < 1.29 is 0 Å². The predicted molar refractivity (Wildman–Crippen MR) is 195 cm³/mol. The average molecular weight is 617 g/mol. The monoisotopic (exact) mass is 616 g/mol. The Balaban J connectivity index is 1.13. The van der Waals surface area contributed by atoms with Crippen LogP contribution in [0.5, 0.6) is 0 Å². The standard InChI is InChI=1S/C42H28N6/c1-2-10-29(11-3-1)41-42(46-37-15-7-6-14-36(37)45-41)30-18-20-31(21-19-30)47(40-26-27-43-28-44-40)32-22-24-33(25-23-32)48-38-16-8-4-12-34(38)35-13-5-9-17-39(35)48/h1-28H. The molecule has 9 aromatic rings. The molecule has 0 aliphatic rings. The number of para-hydroxylation sites is 4. The van der Waals surface area contributed by atoms with Crippen LogP contribution in [0.1, 0.15) is 0 Å². The van der Waals surface area contributed by atoms with Gasteiger partial charge in [-0.05, 0) is 66.7 Å². The first-order valence-corrected chi connectivity index (χ1v) is 15.9. The first-order chi connectivity index (χ1) is 23.8. The summed E-state index contributed by atoms with van der Waals surface area (Å²) in [4.78, 5) is 21.1. The molecule has 0 amide bonds. The quantitative estimate of drug-likeness (QED) is 0.186. The Kier molecular flexibility index (Phi) is 6.68. The van der Waals surface area contributed by atoms with Gasteiger partial charge in [-0.2, -0.15) is 0 Å². The van der Waals surface area contributed by atoms with Gasteiger partial charge in [-0.3, -0.25) is 4.90 Å². The van der Waals surface area contributed by atoms with Crippen LogP contribution in [-0.2, 0) is 0 Å². The highest BCUT2D eigenvalue weighted by molar-refractivity contribution is 6.09. The average Bonchev–Trinajstić information content (AvgIpc) is 3.50. The summed E-state index contributed by atoms with van der Waals surface area (Å²) in [7, 11) is 0. The van der Waals surface area contributed by atoms with Crippen LogP contribution in [0.15, 0.2) is 170 Å². The Labute approximate surface area is 277 Å². The third-order valence-electron chi connectivity index (χ3n) is 8.76. The first kappa shape index (κ1) is 27.6. The molecule has 9 rings (SSSR count). The molecule has 0 radical (unpaired) electrons. The van der Waals surface area contributed by atoms with Gasteiger partial charge in [0.05, 0.1) is 33.5 Å². The maximum absolute atomic E-state index is 5.09. The molecule has 6 heteroatoms. The van der Waals surface area contributed by atoms with E-state index in [-0.39, 0.29) is 0 Å². The molecule has 6 nitrogen and oxygen atoms in total. The van der Waals surface area contributed by atoms with Gasteiger partial charge in [0, 0.05) is 45.2 Å². The highest BCUT2D eigenvalue weighted by Gasteiger charge is 2.18. The van der Waals surface area contributed by atoms with Crippen molar-refractivity contribution in [1.29, 1.82) is 0 Å². The Bertz CT molecular complexity index is 2490. The summed E-state index contributed by atoms with van der Waals surface area (Å²) in [5.41, 5.74) is 10.9. The van der Waals surface area contributed by atoms with Crippen molar-refractivity contribution in [3.63, 3.8) is 0 Å². The molecular weight excluding hydrogens is 589 g/mol. The smallest absolute Gasteiger partial charge is 0.140 e. The summed E-state index contributed by atoms with van der Waals surface area (Å²) in [6, 6.07) is 54.4. The number of benzene rings is 6. The molecule has 0 unspecified atom stereocenters. The van der Waals surface area contributed by atoms with Crippen LogP contribution in [0.2, 0.25) is 0 Å². The summed E-state index contributed by atoms with van der Waals surface area (Å²) in [5.74, 6) is 0.776. The number of nitrogens with zero attached hydrogens (tertiary/aromatic N) is 6. The van der Waals surface area contributed by atoms with Crippen LogP contribution in [0.4, 0.5) is 17.2 Å². The second-order valence-corrected chi connectivity index (χ2v) is 11.6. The zero-order chi connectivity index (χ0) is 31.9. The van der Waals surface area contributed by atoms with E-state index in [1.807, 2.05) is 48.5 Å². The third kappa shape index (κ3) is 4.75. The van der Waals surface area contributed by atoms with Gasteiger partial charge in [-0.25, -0.2) is 19.9 Å². The normalized spacial score (nSPS) is 11.3. The summed E-state index contributed by atoms with van der Waals surface area (Å²) < 4.78 is 2.33. The Morgan fingerprint density at radius 1 is 0.458 bits per heavy atom. The lowest BCUT2D eigenvalue weighted by atomic mass is 10.0. The molecule has 0 saturated carbocycles. The minimum Gasteiger partial charge on any atom is -0.309 e. The van der Waals surface area contributed by atoms with Crippen molar-refractivity contribution in [1.82, 2.24) is 24.5 Å². The summed E-state index contributed by atoms with van der Waals surface area (Å²) in [6.07, 6.45) is 3.35. The molecule has 6 aromatic carbocycles. The SMILES string of the molecule is c1ccc(-c2nc3ccccc3nc2-c2ccc(N(c3ccc(-n4c5ccccc5c5ccccc54)cc3)c3ccncn3)cc2)cc1. The van der Waals surface area contributed by atoms with Crippen molar-refractivity contribution >= 4 is 50.0 Å². The molecule has 226 valence electrons. The third-order valence-corrected chi connectivity index (χ3v) is 8.76. The maximum Gasteiger partial charge on any atom is 0.140 e. The van der Waals surface area contributed by atoms with E-state index in [4.69, 9.17) is 9.97 Å². The summed E-state index contributed by atoms with van der Waals surface area (Å²) >= 11 is 0. The van der Waals surface area contributed by atoms with Crippen LogP contribution >= 0.6 is 0 Å². The minimum atomic E-state index is 0.776. The number of rotatable bonds is 6. The fraction of sp³-hybridized carbons (Fsp3) is 0. The van der Waals surface area contributed by atoms with Crippen LogP contribution < -0.4 is 4.90 Å². The van der Waals surface area contributed by atoms with Gasteiger partial charge >= 0.3 is 0 Å². The van der Waals surface area contributed by atoms with E-state index < -0.39 is 0 Å². The van der Waals surface area contributed by atoms with E-state index in [1.54, 1.807) is 12.5 Å². The lowest BCUT2D eigenvalue weighted by Crippen LogP contribution is -2.11. The van der Waals surface area contributed by atoms with Crippen molar-refractivity contribution in [3.8, 4) is 28.2 Å². The molecule has 0 atom stereocenters. The molecule has 3 aromatic heterocycles. The fourth-order valence-corrected chi connectivity index (χ4v) is 6.55. The van der Waals surface area contributed by atoms with Crippen molar-refractivity contribution in [2.45, 2.75) is 0 Å². The van der Waals surface area contributed by atoms with E-state index in [2.05, 4.69) is 129 Å². The Hall–Kier alpha value is -6.66. The van der Waals surface area contributed by atoms with Gasteiger partial charge in [-0.1, -0.05) is 91.0 Å². The van der Waals surface area contributed by atoms with Crippen LogP contribution in [0, 0.1) is 0 Å². The number of aromatic nitrogens is 5. The van der Waals surface area contributed by atoms with E-state index in [0.29, 0.717) is 0 Å². The predicted octanol–water partition coefficient (Wildman–Crippen LogP) is 10.3. The summed E-state index contributed by atoms with van der Waals surface area (Å²) in [6.45, 7) is 0. The highest BCUT2D eigenvalue weighted by Crippen LogP contribution is 2.38. The second kappa shape index (κ2) is 11.6. The lowest BCUT2D eigenvalue weighted by molar-refractivity contribution is 1.11. The lowest BCUT2D eigenvalue weighted by Gasteiger charge is -2.24. The fourth-order valence-electron chi connectivity index (χ4n) is 6.55. The molecular formula is C42H28N6.